The number of aromatic nitrogens is 3. The van der Waals surface area contributed by atoms with Gasteiger partial charge in [-0.15, -0.1) is 0 Å². The summed E-state index contributed by atoms with van der Waals surface area (Å²) in [5.41, 5.74) is 4.74. The van der Waals surface area contributed by atoms with E-state index in [-0.39, 0.29) is 0 Å². The fraction of sp³-hybridized carbons (Fsp3) is 0.280. The normalized spacial score (nSPS) is 13.7. The molecule has 0 saturated carbocycles. The van der Waals surface area contributed by atoms with E-state index in [1.54, 1.807) is 25.8 Å². The number of ether oxygens (including phenoxy) is 4. The van der Waals surface area contributed by atoms with Gasteiger partial charge in [0.1, 0.15) is 5.82 Å². The molecule has 1 saturated heterocycles. The molecule has 34 heavy (non-hydrogen) atoms. The van der Waals surface area contributed by atoms with E-state index in [1.807, 2.05) is 30.6 Å². The molecule has 0 atom stereocenters. The van der Waals surface area contributed by atoms with Crippen LogP contribution in [0.3, 0.4) is 0 Å². The van der Waals surface area contributed by atoms with Crippen molar-refractivity contribution in [1.82, 2.24) is 14.6 Å². The Morgan fingerprint density at radius 2 is 1.62 bits per heavy atom. The summed E-state index contributed by atoms with van der Waals surface area (Å²) in [7, 11) is 4.76. The Hall–Kier alpha value is -3.98. The molecule has 0 spiro atoms. The molecule has 9 heteroatoms. The molecule has 4 aromatic rings. The van der Waals surface area contributed by atoms with Gasteiger partial charge < -0.3 is 29.2 Å². The maximum atomic E-state index is 5.46. The number of rotatable bonds is 7. The summed E-state index contributed by atoms with van der Waals surface area (Å²) >= 11 is 0. The lowest BCUT2D eigenvalue weighted by atomic mass is 10.1. The average Bonchev–Trinajstić information content (AvgIpc) is 3.32. The van der Waals surface area contributed by atoms with Crippen molar-refractivity contribution in [2.45, 2.75) is 0 Å². The van der Waals surface area contributed by atoms with Gasteiger partial charge in [0, 0.05) is 48.4 Å². The van der Waals surface area contributed by atoms with Crippen LogP contribution in [-0.4, -0.2) is 62.2 Å². The molecule has 9 nitrogen and oxygen atoms in total. The van der Waals surface area contributed by atoms with E-state index in [0.29, 0.717) is 23.1 Å². The molecule has 0 radical (unpaired) electrons. The number of nitrogens with zero attached hydrogens (tertiary/aromatic N) is 4. The van der Waals surface area contributed by atoms with Crippen molar-refractivity contribution in [3.63, 3.8) is 0 Å². The van der Waals surface area contributed by atoms with E-state index >= 15 is 0 Å². The predicted octanol–water partition coefficient (Wildman–Crippen LogP) is 4.00. The molecule has 1 aliphatic rings. The molecule has 0 aliphatic carbocycles. The molecule has 1 N–H and O–H groups in total. The predicted molar refractivity (Wildman–Crippen MR) is 131 cm³/mol. The second-order valence-electron chi connectivity index (χ2n) is 7.82. The minimum absolute atomic E-state index is 0.539. The summed E-state index contributed by atoms with van der Waals surface area (Å²) < 4.78 is 23.5. The van der Waals surface area contributed by atoms with E-state index in [1.165, 1.54) is 5.69 Å². The smallest absolute Gasteiger partial charge is 0.203 e. The van der Waals surface area contributed by atoms with E-state index in [0.717, 1.165) is 48.8 Å². The van der Waals surface area contributed by atoms with Crippen LogP contribution in [0, 0.1) is 0 Å². The maximum Gasteiger partial charge on any atom is 0.203 e. The van der Waals surface area contributed by atoms with Gasteiger partial charge in [0.15, 0.2) is 17.1 Å². The van der Waals surface area contributed by atoms with E-state index < -0.39 is 0 Å². The van der Waals surface area contributed by atoms with Crippen molar-refractivity contribution >= 4 is 22.8 Å². The highest BCUT2D eigenvalue weighted by atomic mass is 16.5. The molecule has 3 heterocycles. The van der Waals surface area contributed by atoms with Crippen LogP contribution in [0.15, 0.2) is 54.9 Å². The first kappa shape index (κ1) is 21.8. The summed E-state index contributed by atoms with van der Waals surface area (Å²) in [6.07, 6.45) is 3.73. The Morgan fingerprint density at radius 3 is 2.26 bits per heavy atom. The summed E-state index contributed by atoms with van der Waals surface area (Å²) in [6, 6.07) is 14.1. The Labute approximate surface area is 197 Å². The van der Waals surface area contributed by atoms with Crippen LogP contribution in [-0.2, 0) is 4.74 Å². The lowest BCUT2D eigenvalue weighted by molar-refractivity contribution is 0.122. The molecule has 5 rings (SSSR count). The van der Waals surface area contributed by atoms with Crippen LogP contribution in [0.2, 0.25) is 0 Å². The molecule has 1 aliphatic heterocycles. The SMILES string of the molecule is COc1cc(Nc2ccn3ncc(-c4ccc(N5CCOCC5)cc4)c3n2)cc(OC)c1OC. The minimum atomic E-state index is 0.539. The van der Waals surface area contributed by atoms with E-state index in [9.17, 15) is 0 Å². The fourth-order valence-corrected chi connectivity index (χ4v) is 4.12. The molecule has 2 aromatic carbocycles. The second-order valence-corrected chi connectivity index (χ2v) is 7.82. The molecule has 176 valence electrons. The number of methoxy groups -OCH3 is 3. The zero-order chi connectivity index (χ0) is 23.5. The van der Waals surface area contributed by atoms with Crippen molar-refractivity contribution in [2.24, 2.45) is 0 Å². The van der Waals surface area contributed by atoms with Crippen molar-refractivity contribution in [1.29, 1.82) is 0 Å². The van der Waals surface area contributed by atoms with Crippen LogP contribution in [0.5, 0.6) is 17.2 Å². The van der Waals surface area contributed by atoms with E-state index in [2.05, 4.69) is 39.6 Å². The highest BCUT2D eigenvalue weighted by molar-refractivity contribution is 5.79. The van der Waals surface area contributed by atoms with Crippen LogP contribution in [0.25, 0.3) is 16.8 Å². The van der Waals surface area contributed by atoms with Gasteiger partial charge in [0.25, 0.3) is 0 Å². The lowest BCUT2D eigenvalue weighted by Crippen LogP contribution is -2.36. The molecule has 0 amide bonds. The van der Waals surface area contributed by atoms with Crippen molar-refractivity contribution in [3.8, 4) is 28.4 Å². The Morgan fingerprint density at radius 1 is 0.912 bits per heavy atom. The van der Waals surface area contributed by atoms with Gasteiger partial charge in [0.2, 0.25) is 5.75 Å². The number of anilines is 3. The van der Waals surface area contributed by atoms with E-state index in [4.69, 9.17) is 23.9 Å². The van der Waals surface area contributed by atoms with Gasteiger partial charge in [-0.1, -0.05) is 12.1 Å². The number of morpholine rings is 1. The second kappa shape index (κ2) is 9.48. The third-order valence-electron chi connectivity index (χ3n) is 5.86. The minimum Gasteiger partial charge on any atom is -0.493 e. The van der Waals surface area contributed by atoms with Crippen molar-refractivity contribution in [2.75, 3.05) is 57.8 Å². The Balaban J connectivity index is 1.43. The van der Waals surface area contributed by atoms with Crippen molar-refractivity contribution in [3.05, 3.63) is 54.9 Å². The average molecular weight is 462 g/mol. The van der Waals surface area contributed by atoms with Gasteiger partial charge in [-0.05, 0) is 23.8 Å². The van der Waals surface area contributed by atoms with Crippen LogP contribution in [0.4, 0.5) is 17.2 Å². The molecule has 0 unspecified atom stereocenters. The van der Waals surface area contributed by atoms with Crippen LogP contribution >= 0.6 is 0 Å². The fourth-order valence-electron chi connectivity index (χ4n) is 4.12. The molecular weight excluding hydrogens is 434 g/mol. The zero-order valence-electron chi connectivity index (χ0n) is 19.4. The highest BCUT2D eigenvalue weighted by Gasteiger charge is 2.15. The van der Waals surface area contributed by atoms with Gasteiger partial charge >= 0.3 is 0 Å². The molecule has 0 bridgehead atoms. The molecule has 1 fully saturated rings. The number of fused-ring (bicyclic) bond motifs is 1. The lowest BCUT2D eigenvalue weighted by Gasteiger charge is -2.28. The number of hydrogen-bond donors (Lipinski definition) is 1. The van der Waals surface area contributed by atoms with Gasteiger partial charge in [-0.3, -0.25) is 0 Å². The number of benzene rings is 2. The summed E-state index contributed by atoms with van der Waals surface area (Å²) in [5, 5.41) is 7.81. The quantitative estimate of drug-likeness (QED) is 0.442. The Bertz CT molecular complexity index is 1260. The van der Waals surface area contributed by atoms with Gasteiger partial charge in [-0.25, -0.2) is 9.50 Å². The first-order chi connectivity index (χ1) is 16.7. The molecule has 2 aromatic heterocycles. The number of nitrogens with one attached hydrogen (secondary N) is 1. The summed E-state index contributed by atoms with van der Waals surface area (Å²) in [4.78, 5) is 7.16. The van der Waals surface area contributed by atoms with Crippen LogP contribution in [0.1, 0.15) is 0 Å². The number of hydrogen-bond acceptors (Lipinski definition) is 8. The topological polar surface area (TPSA) is 82.4 Å². The summed E-state index contributed by atoms with van der Waals surface area (Å²) in [6.45, 7) is 3.35. The van der Waals surface area contributed by atoms with Crippen LogP contribution < -0.4 is 24.4 Å². The first-order valence-electron chi connectivity index (χ1n) is 11.0. The standard InChI is InChI=1S/C25H27N5O4/c1-31-21-14-18(15-22(32-2)24(21)33-3)27-23-8-9-30-25(28-23)20(16-26-30)17-4-6-19(7-5-17)29-10-12-34-13-11-29/h4-9,14-16H,10-13H2,1-3H3,(H,27,28). The monoisotopic (exact) mass is 461 g/mol. The maximum absolute atomic E-state index is 5.46. The third kappa shape index (κ3) is 4.17. The van der Waals surface area contributed by atoms with Crippen molar-refractivity contribution < 1.29 is 18.9 Å². The first-order valence-corrected chi connectivity index (χ1v) is 11.0. The van der Waals surface area contributed by atoms with Gasteiger partial charge in [-0.2, -0.15) is 5.10 Å². The summed E-state index contributed by atoms with van der Waals surface area (Å²) in [5.74, 6) is 2.35. The largest absolute Gasteiger partial charge is 0.493 e. The highest BCUT2D eigenvalue weighted by Crippen LogP contribution is 2.40. The van der Waals surface area contributed by atoms with Gasteiger partial charge in [0.05, 0.1) is 40.7 Å². The Kier molecular flexibility index (Phi) is 6.09. The molecular formula is C25H27N5O4. The zero-order valence-corrected chi connectivity index (χ0v) is 19.4. The third-order valence-corrected chi connectivity index (χ3v) is 5.86.